The van der Waals surface area contributed by atoms with Crippen molar-refractivity contribution in [3.05, 3.63) is 83.1 Å². The van der Waals surface area contributed by atoms with Crippen LogP contribution in [0.2, 0.25) is 5.02 Å². The Morgan fingerprint density at radius 2 is 1.78 bits per heavy atom. The molecule has 0 bridgehead atoms. The minimum absolute atomic E-state index is 0.284. The van der Waals surface area contributed by atoms with Crippen LogP contribution in [0.4, 0.5) is 5.69 Å². The highest BCUT2D eigenvalue weighted by atomic mass is 35.5. The SMILES string of the molecule is COc1ccc(C2(Nc3ccc(Cl)cc3)C=CC(O)=CC2)cc1. The summed E-state index contributed by atoms with van der Waals surface area (Å²) in [7, 11) is 1.65. The second-order valence-corrected chi connectivity index (χ2v) is 5.93. The maximum atomic E-state index is 9.68. The lowest BCUT2D eigenvalue weighted by Crippen LogP contribution is -2.34. The van der Waals surface area contributed by atoms with Gasteiger partial charge < -0.3 is 15.2 Å². The number of anilines is 1. The molecular weight excluding hydrogens is 310 g/mol. The fourth-order valence-electron chi connectivity index (χ4n) is 2.69. The summed E-state index contributed by atoms with van der Waals surface area (Å²) in [6.07, 6.45) is 6.16. The molecule has 0 amide bonds. The summed E-state index contributed by atoms with van der Waals surface area (Å²) in [5, 5.41) is 13.9. The molecule has 118 valence electrons. The zero-order chi connectivity index (χ0) is 16.3. The Kier molecular flexibility index (Phi) is 4.30. The molecule has 3 rings (SSSR count). The zero-order valence-electron chi connectivity index (χ0n) is 12.8. The van der Waals surface area contributed by atoms with Gasteiger partial charge in [-0.1, -0.05) is 29.8 Å². The smallest absolute Gasteiger partial charge is 0.118 e. The Morgan fingerprint density at radius 1 is 1.09 bits per heavy atom. The van der Waals surface area contributed by atoms with E-state index in [-0.39, 0.29) is 5.76 Å². The van der Waals surface area contributed by atoms with Crippen molar-refractivity contribution in [3.8, 4) is 5.75 Å². The van der Waals surface area contributed by atoms with Crippen LogP contribution in [0.1, 0.15) is 12.0 Å². The van der Waals surface area contributed by atoms with Gasteiger partial charge in [0.05, 0.1) is 12.6 Å². The van der Waals surface area contributed by atoms with Crippen molar-refractivity contribution >= 4 is 17.3 Å². The predicted octanol–water partition coefficient (Wildman–Crippen LogP) is 5.06. The largest absolute Gasteiger partial charge is 0.508 e. The van der Waals surface area contributed by atoms with E-state index in [2.05, 4.69) is 5.32 Å². The Balaban J connectivity index is 1.97. The number of rotatable bonds is 4. The average Bonchev–Trinajstić information content (AvgIpc) is 2.59. The third-order valence-electron chi connectivity index (χ3n) is 3.99. The molecule has 0 heterocycles. The van der Waals surface area contributed by atoms with Crippen molar-refractivity contribution in [3.63, 3.8) is 0 Å². The van der Waals surface area contributed by atoms with E-state index in [0.29, 0.717) is 11.4 Å². The molecule has 2 aromatic carbocycles. The first kappa shape index (κ1) is 15.5. The lowest BCUT2D eigenvalue weighted by Gasteiger charge is -2.34. The first-order valence-corrected chi connectivity index (χ1v) is 7.76. The van der Waals surface area contributed by atoms with Gasteiger partial charge in [-0.05, 0) is 54.1 Å². The lowest BCUT2D eigenvalue weighted by molar-refractivity contribution is 0.413. The molecule has 0 radical (unpaired) electrons. The molecule has 0 aliphatic heterocycles. The molecule has 0 saturated heterocycles. The summed E-state index contributed by atoms with van der Waals surface area (Å²) < 4.78 is 5.23. The average molecular weight is 328 g/mol. The van der Waals surface area contributed by atoms with Gasteiger partial charge in [0.1, 0.15) is 11.5 Å². The molecule has 0 saturated carbocycles. The van der Waals surface area contributed by atoms with Gasteiger partial charge in [0, 0.05) is 17.1 Å². The summed E-state index contributed by atoms with van der Waals surface area (Å²) in [6.45, 7) is 0. The highest BCUT2D eigenvalue weighted by molar-refractivity contribution is 6.30. The number of aliphatic hydroxyl groups excluding tert-OH is 1. The number of hydrogen-bond donors (Lipinski definition) is 2. The van der Waals surface area contributed by atoms with Gasteiger partial charge >= 0.3 is 0 Å². The first-order chi connectivity index (χ1) is 11.1. The van der Waals surface area contributed by atoms with Crippen molar-refractivity contribution in [2.45, 2.75) is 12.0 Å². The van der Waals surface area contributed by atoms with Gasteiger partial charge in [-0.25, -0.2) is 0 Å². The van der Waals surface area contributed by atoms with Crippen LogP contribution in [0.5, 0.6) is 5.75 Å². The van der Waals surface area contributed by atoms with E-state index in [9.17, 15) is 5.11 Å². The van der Waals surface area contributed by atoms with E-state index in [1.807, 2.05) is 60.7 Å². The molecule has 2 aromatic rings. The monoisotopic (exact) mass is 327 g/mol. The van der Waals surface area contributed by atoms with Crippen LogP contribution in [0.25, 0.3) is 0 Å². The number of allylic oxidation sites excluding steroid dienone is 1. The Hall–Kier alpha value is -2.39. The number of methoxy groups -OCH3 is 1. The summed E-state index contributed by atoms with van der Waals surface area (Å²) in [6, 6.07) is 15.5. The molecule has 0 spiro atoms. The van der Waals surface area contributed by atoms with Gasteiger partial charge in [0.2, 0.25) is 0 Å². The van der Waals surface area contributed by atoms with Gasteiger partial charge in [-0.15, -0.1) is 0 Å². The minimum atomic E-state index is -0.424. The zero-order valence-corrected chi connectivity index (χ0v) is 13.5. The van der Waals surface area contributed by atoms with Gasteiger partial charge in [-0.2, -0.15) is 0 Å². The molecule has 23 heavy (non-hydrogen) atoms. The normalized spacial score (nSPS) is 20.0. The van der Waals surface area contributed by atoms with Crippen LogP contribution in [0.3, 0.4) is 0 Å². The second-order valence-electron chi connectivity index (χ2n) is 5.50. The van der Waals surface area contributed by atoms with Crippen molar-refractivity contribution in [1.82, 2.24) is 0 Å². The second kappa shape index (κ2) is 6.39. The van der Waals surface area contributed by atoms with Crippen molar-refractivity contribution in [2.24, 2.45) is 0 Å². The van der Waals surface area contributed by atoms with E-state index in [1.54, 1.807) is 13.2 Å². The summed E-state index contributed by atoms with van der Waals surface area (Å²) in [4.78, 5) is 0. The molecule has 0 aromatic heterocycles. The molecule has 1 unspecified atom stereocenters. The van der Waals surface area contributed by atoms with Gasteiger partial charge in [0.25, 0.3) is 0 Å². The maximum absolute atomic E-state index is 9.68. The third-order valence-corrected chi connectivity index (χ3v) is 4.24. The first-order valence-electron chi connectivity index (χ1n) is 7.38. The number of halogens is 1. The Bertz CT molecular complexity index is 735. The Morgan fingerprint density at radius 3 is 2.35 bits per heavy atom. The summed E-state index contributed by atoms with van der Waals surface area (Å²) in [5.74, 6) is 1.10. The van der Waals surface area contributed by atoms with E-state index in [4.69, 9.17) is 16.3 Å². The number of aliphatic hydroxyl groups is 1. The van der Waals surface area contributed by atoms with E-state index < -0.39 is 5.54 Å². The highest BCUT2D eigenvalue weighted by Gasteiger charge is 2.30. The van der Waals surface area contributed by atoms with E-state index in [1.165, 1.54) is 0 Å². The molecule has 4 heteroatoms. The highest BCUT2D eigenvalue weighted by Crippen LogP contribution is 2.36. The van der Waals surface area contributed by atoms with Crippen LogP contribution in [-0.4, -0.2) is 12.2 Å². The molecule has 3 nitrogen and oxygen atoms in total. The number of benzene rings is 2. The summed E-state index contributed by atoms with van der Waals surface area (Å²) >= 11 is 5.96. The molecule has 1 aliphatic rings. The lowest BCUT2D eigenvalue weighted by atomic mass is 9.83. The number of ether oxygens (including phenoxy) is 1. The minimum Gasteiger partial charge on any atom is -0.508 e. The van der Waals surface area contributed by atoms with Crippen molar-refractivity contribution in [1.29, 1.82) is 0 Å². The van der Waals surface area contributed by atoms with E-state index >= 15 is 0 Å². The third kappa shape index (κ3) is 3.35. The maximum Gasteiger partial charge on any atom is 0.118 e. The van der Waals surface area contributed by atoms with Crippen LogP contribution >= 0.6 is 11.6 Å². The predicted molar refractivity (Wildman–Crippen MR) is 94.2 cm³/mol. The molecule has 1 atom stereocenters. The topological polar surface area (TPSA) is 41.5 Å². The van der Waals surface area contributed by atoms with Crippen LogP contribution in [0.15, 0.2) is 72.5 Å². The van der Waals surface area contributed by atoms with Crippen LogP contribution < -0.4 is 10.1 Å². The van der Waals surface area contributed by atoms with Crippen LogP contribution in [-0.2, 0) is 5.54 Å². The number of hydrogen-bond acceptors (Lipinski definition) is 3. The fraction of sp³-hybridized carbons (Fsp3) is 0.158. The van der Waals surface area contributed by atoms with Crippen LogP contribution in [0, 0.1) is 0 Å². The standard InChI is InChI=1S/C19H18ClNO2/c1-23-18-8-2-14(3-9-18)19(12-10-17(22)11-13-19)21-16-6-4-15(20)5-7-16/h2-12,21-22H,13H2,1H3. The Labute approximate surface area is 140 Å². The van der Waals surface area contributed by atoms with Gasteiger partial charge in [-0.3, -0.25) is 0 Å². The molecular formula is C19H18ClNO2. The molecule has 2 N–H and O–H groups in total. The molecule has 0 fully saturated rings. The number of nitrogens with one attached hydrogen (secondary N) is 1. The fourth-order valence-corrected chi connectivity index (χ4v) is 2.81. The van der Waals surface area contributed by atoms with Crippen molar-refractivity contribution < 1.29 is 9.84 Å². The van der Waals surface area contributed by atoms with Crippen molar-refractivity contribution in [2.75, 3.05) is 12.4 Å². The quantitative estimate of drug-likeness (QED) is 0.825. The van der Waals surface area contributed by atoms with E-state index in [0.717, 1.165) is 17.0 Å². The van der Waals surface area contributed by atoms with Gasteiger partial charge in [0.15, 0.2) is 0 Å². The summed E-state index contributed by atoms with van der Waals surface area (Å²) in [5.41, 5.74) is 1.63. The molecule has 1 aliphatic carbocycles.